The molecule has 142 valence electrons. The van der Waals surface area contributed by atoms with E-state index in [9.17, 15) is 4.39 Å². The lowest BCUT2D eigenvalue weighted by Gasteiger charge is -2.40. The Labute approximate surface area is 179 Å². The molecule has 7 heteroatoms. The van der Waals surface area contributed by atoms with Crippen molar-refractivity contribution >= 4 is 44.6 Å². The lowest BCUT2D eigenvalue weighted by atomic mass is 9.99. The average Bonchev–Trinajstić information content (AvgIpc) is 3.26. The van der Waals surface area contributed by atoms with Gasteiger partial charge in [-0.2, -0.15) is 0 Å². The molecule has 2 aromatic carbocycles. The fraction of sp³-hybridized carbons (Fsp3) is 0.286. The smallest absolute Gasteiger partial charge is 0.210 e. The van der Waals surface area contributed by atoms with Gasteiger partial charge in [-0.15, -0.1) is 11.3 Å². The fourth-order valence-corrected chi connectivity index (χ4v) is 5.98. The first kappa shape index (κ1) is 17.2. The van der Waals surface area contributed by atoms with Gasteiger partial charge in [0.25, 0.3) is 0 Å². The van der Waals surface area contributed by atoms with Crippen molar-refractivity contribution in [2.45, 2.75) is 37.5 Å². The van der Waals surface area contributed by atoms with Gasteiger partial charge in [-0.1, -0.05) is 27.5 Å². The summed E-state index contributed by atoms with van der Waals surface area (Å²) in [6, 6.07) is 9.19. The number of rotatable bonds is 2. The van der Waals surface area contributed by atoms with Crippen LogP contribution in [0.1, 0.15) is 52.0 Å². The van der Waals surface area contributed by atoms with Crippen LogP contribution < -0.4 is 9.64 Å². The average molecular weight is 478 g/mol. The van der Waals surface area contributed by atoms with Gasteiger partial charge in [0.1, 0.15) is 11.6 Å². The third-order valence-electron chi connectivity index (χ3n) is 5.66. The summed E-state index contributed by atoms with van der Waals surface area (Å²) in [5.41, 5.74) is 2.85. The first-order chi connectivity index (χ1) is 13.6. The summed E-state index contributed by atoms with van der Waals surface area (Å²) in [4.78, 5) is 7.88. The zero-order chi connectivity index (χ0) is 19.0. The number of benzene rings is 2. The summed E-state index contributed by atoms with van der Waals surface area (Å²) in [7, 11) is 0. The molecule has 0 saturated heterocycles. The third-order valence-corrected chi connectivity index (χ3v) is 7.56. The largest absolute Gasteiger partial charge is 0.465 e. The Balaban J connectivity index is 1.52. The number of thiazole rings is 1. The van der Waals surface area contributed by atoms with Crippen molar-refractivity contribution in [3.63, 3.8) is 0 Å². The fourth-order valence-electron chi connectivity index (χ4n) is 4.26. The van der Waals surface area contributed by atoms with E-state index in [2.05, 4.69) is 37.9 Å². The summed E-state index contributed by atoms with van der Waals surface area (Å²) in [6.07, 6.45) is 4.75. The standard InChI is InChI=1S/C21H15BrClFN2OS/c22-12-3-4-15-11(5-12)6-16-19-14(24)7-13(23)8-17(19)27-21(26(15)16)18-9-25-20(28-18)10-1-2-10/h3-5,7-10,16,21H,1-2,6H2. The highest BCUT2D eigenvalue weighted by molar-refractivity contribution is 9.10. The normalized spacial score (nSPS) is 22.5. The minimum Gasteiger partial charge on any atom is -0.465 e. The number of anilines is 1. The number of hydrogen-bond donors (Lipinski definition) is 0. The Morgan fingerprint density at radius 1 is 1.25 bits per heavy atom. The SMILES string of the molecule is Fc1cc(Cl)cc2c1C1Cc3cc(Br)ccc3N1C(c1cnc(C3CC3)s1)O2. The number of aromatic nitrogens is 1. The number of hydrogen-bond acceptors (Lipinski definition) is 4. The van der Waals surface area contributed by atoms with Gasteiger partial charge >= 0.3 is 0 Å². The first-order valence-electron chi connectivity index (χ1n) is 9.26. The summed E-state index contributed by atoms with van der Waals surface area (Å²) < 4.78 is 22.3. The Morgan fingerprint density at radius 2 is 2.11 bits per heavy atom. The predicted octanol–water partition coefficient (Wildman–Crippen LogP) is 6.77. The number of ether oxygens (including phenoxy) is 1. The molecule has 3 aliphatic rings. The Morgan fingerprint density at radius 3 is 2.93 bits per heavy atom. The summed E-state index contributed by atoms with van der Waals surface area (Å²) >= 11 is 11.4. The molecular formula is C21H15BrClFN2OS. The van der Waals surface area contributed by atoms with Crippen LogP contribution in [0.3, 0.4) is 0 Å². The molecule has 0 amide bonds. The van der Waals surface area contributed by atoms with Crippen molar-refractivity contribution in [3.05, 3.63) is 72.9 Å². The highest BCUT2D eigenvalue weighted by Gasteiger charge is 2.44. The first-order valence-corrected chi connectivity index (χ1v) is 11.3. The van der Waals surface area contributed by atoms with Crippen LogP contribution in [0.4, 0.5) is 10.1 Å². The maximum atomic E-state index is 14.9. The number of fused-ring (bicyclic) bond motifs is 5. The Hall–Kier alpha value is -1.63. The quantitative estimate of drug-likeness (QED) is 0.407. The van der Waals surface area contributed by atoms with Gasteiger partial charge in [0.15, 0.2) is 0 Å². The molecule has 6 rings (SSSR count). The van der Waals surface area contributed by atoms with E-state index in [1.807, 2.05) is 12.3 Å². The zero-order valence-electron chi connectivity index (χ0n) is 14.7. The third kappa shape index (κ3) is 2.61. The molecule has 0 bridgehead atoms. The van der Waals surface area contributed by atoms with E-state index in [0.717, 1.165) is 21.5 Å². The van der Waals surface area contributed by atoms with E-state index in [-0.39, 0.29) is 18.1 Å². The molecular weight excluding hydrogens is 463 g/mol. The molecule has 1 fully saturated rings. The molecule has 0 N–H and O–H groups in total. The molecule has 1 saturated carbocycles. The van der Waals surface area contributed by atoms with Crippen molar-refractivity contribution < 1.29 is 9.13 Å². The van der Waals surface area contributed by atoms with Crippen LogP contribution >= 0.6 is 38.9 Å². The van der Waals surface area contributed by atoms with Crippen LogP contribution in [0.5, 0.6) is 5.75 Å². The minimum atomic E-state index is -0.331. The Kier molecular flexibility index (Phi) is 3.81. The van der Waals surface area contributed by atoms with E-state index in [0.29, 0.717) is 22.3 Å². The zero-order valence-corrected chi connectivity index (χ0v) is 17.8. The van der Waals surface area contributed by atoms with E-state index in [1.54, 1.807) is 17.4 Å². The van der Waals surface area contributed by atoms with E-state index < -0.39 is 0 Å². The molecule has 2 atom stereocenters. The van der Waals surface area contributed by atoms with Crippen molar-refractivity contribution in [1.82, 2.24) is 4.98 Å². The van der Waals surface area contributed by atoms with E-state index in [4.69, 9.17) is 16.3 Å². The molecule has 1 aromatic heterocycles. The van der Waals surface area contributed by atoms with Gasteiger partial charge in [-0.25, -0.2) is 9.37 Å². The molecule has 28 heavy (non-hydrogen) atoms. The molecule has 3 aromatic rings. The van der Waals surface area contributed by atoms with Crippen molar-refractivity contribution in [2.75, 3.05) is 4.90 Å². The molecule has 1 aliphatic carbocycles. The van der Waals surface area contributed by atoms with Crippen LogP contribution in [-0.4, -0.2) is 4.98 Å². The lowest BCUT2D eigenvalue weighted by Crippen LogP contribution is -2.37. The summed E-state index contributed by atoms with van der Waals surface area (Å²) in [6.45, 7) is 0. The van der Waals surface area contributed by atoms with Crippen LogP contribution in [0, 0.1) is 5.82 Å². The molecule has 2 unspecified atom stereocenters. The van der Waals surface area contributed by atoms with Gasteiger partial charge in [0.05, 0.1) is 21.5 Å². The van der Waals surface area contributed by atoms with Gasteiger partial charge in [0.2, 0.25) is 6.23 Å². The molecule has 0 spiro atoms. The second kappa shape index (κ2) is 6.18. The molecule has 2 aliphatic heterocycles. The molecule has 0 radical (unpaired) electrons. The van der Waals surface area contributed by atoms with Gasteiger partial charge < -0.3 is 9.64 Å². The van der Waals surface area contributed by atoms with Crippen LogP contribution in [0.25, 0.3) is 0 Å². The van der Waals surface area contributed by atoms with Crippen molar-refractivity contribution in [3.8, 4) is 5.75 Å². The van der Waals surface area contributed by atoms with Crippen molar-refractivity contribution in [2.24, 2.45) is 0 Å². The van der Waals surface area contributed by atoms with Gasteiger partial charge in [-0.05, 0) is 55.2 Å². The number of halogens is 3. The van der Waals surface area contributed by atoms with Crippen LogP contribution in [-0.2, 0) is 6.42 Å². The second-order valence-corrected chi connectivity index (χ2v) is 9.99. The van der Waals surface area contributed by atoms with E-state index in [1.165, 1.54) is 29.5 Å². The van der Waals surface area contributed by atoms with Gasteiger partial charge in [-0.3, -0.25) is 0 Å². The predicted molar refractivity (Wildman–Crippen MR) is 112 cm³/mol. The second-order valence-electron chi connectivity index (χ2n) is 7.55. The highest BCUT2D eigenvalue weighted by atomic mass is 79.9. The molecule has 3 nitrogen and oxygen atoms in total. The van der Waals surface area contributed by atoms with Crippen LogP contribution in [0.2, 0.25) is 5.02 Å². The summed E-state index contributed by atoms with van der Waals surface area (Å²) in [5.74, 6) is 0.814. The van der Waals surface area contributed by atoms with Crippen LogP contribution in [0.15, 0.2) is 41.0 Å². The maximum absolute atomic E-state index is 14.9. The Bertz CT molecular complexity index is 1120. The minimum absolute atomic E-state index is 0.123. The monoisotopic (exact) mass is 476 g/mol. The summed E-state index contributed by atoms with van der Waals surface area (Å²) in [5, 5.41) is 1.53. The lowest BCUT2D eigenvalue weighted by molar-refractivity contribution is 0.168. The topological polar surface area (TPSA) is 25.4 Å². The maximum Gasteiger partial charge on any atom is 0.210 e. The number of nitrogens with zero attached hydrogens (tertiary/aromatic N) is 2. The van der Waals surface area contributed by atoms with Gasteiger partial charge in [0, 0.05) is 27.3 Å². The van der Waals surface area contributed by atoms with Crippen molar-refractivity contribution in [1.29, 1.82) is 0 Å². The highest BCUT2D eigenvalue weighted by Crippen LogP contribution is 2.54. The van der Waals surface area contributed by atoms with E-state index >= 15 is 0 Å². The molecule has 3 heterocycles.